The molecular formula is C16H25N3O2. The summed E-state index contributed by atoms with van der Waals surface area (Å²) in [5.74, 6) is 0.812. The van der Waals surface area contributed by atoms with Gasteiger partial charge >= 0.3 is 0 Å². The van der Waals surface area contributed by atoms with Crippen LogP contribution < -0.4 is 5.32 Å². The van der Waals surface area contributed by atoms with Crippen molar-refractivity contribution in [1.82, 2.24) is 9.88 Å². The van der Waals surface area contributed by atoms with Gasteiger partial charge in [0, 0.05) is 25.3 Å². The molecule has 21 heavy (non-hydrogen) atoms. The first-order valence-corrected chi connectivity index (χ1v) is 7.55. The van der Waals surface area contributed by atoms with Gasteiger partial charge in [-0.1, -0.05) is 0 Å². The van der Waals surface area contributed by atoms with E-state index in [0.29, 0.717) is 18.5 Å². The molecule has 0 aromatic carbocycles. The Morgan fingerprint density at radius 1 is 1.57 bits per heavy atom. The van der Waals surface area contributed by atoms with Crippen LogP contribution in [-0.4, -0.2) is 49.1 Å². The van der Waals surface area contributed by atoms with E-state index in [0.717, 1.165) is 31.4 Å². The third-order valence-corrected chi connectivity index (χ3v) is 4.25. The summed E-state index contributed by atoms with van der Waals surface area (Å²) in [7, 11) is 3.80. The maximum absolute atomic E-state index is 12.4. The van der Waals surface area contributed by atoms with E-state index in [1.54, 1.807) is 13.3 Å². The molecule has 1 saturated heterocycles. The van der Waals surface area contributed by atoms with Crippen molar-refractivity contribution in [1.29, 1.82) is 0 Å². The van der Waals surface area contributed by atoms with Gasteiger partial charge in [-0.2, -0.15) is 0 Å². The third-order valence-electron chi connectivity index (χ3n) is 4.25. The highest BCUT2D eigenvalue weighted by atomic mass is 16.5. The summed E-state index contributed by atoms with van der Waals surface area (Å²) in [5, 5.41) is 2.95. The van der Waals surface area contributed by atoms with Gasteiger partial charge in [-0.15, -0.1) is 0 Å². The summed E-state index contributed by atoms with van der Waals surface area (Å²) >= 11 is 0. The van der Waals surface area contributed by atoms with E-state index in [1.807, 2.05) is 12.1 Å². The molecule has 5 nitrogen and oxygen atoms in total. The van der Waals surface area contributed by atoms with Crippen LogP contribution in [0.4, 0.5) is 5.82 Å². The number of carbonyl (C=O) groups excluding carboxylic acids is 1. The van der Waals surface area contributed by atoms with Crippen molar-refractivity contribution in [3.63, 3.8) is 0 Å². The SMILES string of the molecule is COCCc1ccnc(NC(=O)[C@H]2CCN(C)[C@@H](C)C2)c1. The number of hydrogen-bond donors (Lipinski definition) is 1. The number of pyridine rings is 1. The number of hydrogen-bond acceptors (Lipinski definition) is 4. The number of nitrogens with zero attached hydrogens (tertiary/aromatic N) is 2. The Labute approximate surface area is 126 Å². The fourth-order valence-electron chi connectivity index (χ4n) is 2.67. The van der Waals surface area contributed by atoms with Crippen molar-refractivity contribution >= 4 is 11.7 Å². The van der Waals surface area contributed by atoms with Crippen LogP contribution >= 0.6 is 0 Å². The molecule has 0 spiro atoms. The average molecular weight is 291 g/mol. The van der Waals surface area contributed by atoms with Gasteiger partial charge in [0.2, 0.25) is 5.91 Å². The largest absolute Gasteiger partial charge is 0.384 e. The van der Waals surface area contributed by atoms with Crippen LogP contribution in [0.1, 0.15) is 25.3 Å². The van der Waals surface area contributed by atoms with Gasteiger partial charge in [-0.3, -0.25) is 4.79 Å². The predicted molar refractivity (Wildman–Crippen MR) is 83.3 cm³/mol. The summed E-state index contributed by atoms with van der Waals surface area (Å²) in [6.45, 7) is 3.81. The standard InChI is InChI=1S/C16H25N3O2/c1-12-10-14(5-8-19(12)2)16(20)18-15-11-13(4-7-17-15)6-9-21-3/h4,7,11-12,14H,5-6,8-10H2,1-3H3,(H,17,18,20)/t12-,14-/m0/s1. The molecule has 2 rings (SSSR count). The lowest BCUT2D eigenvalue weighted by atomic mass is 9.91. The van der Waals surface area contributed by atoms with E-state index >= 15 is 0 Å². The number of anilines is 1. The van der Waals surface area contributed by atoms with E-state index in [1.165, 1.54) is 0 Å². The summed E-state index contributed by atoms with van der Waals surface area (Å²) in [6, 6.07) is 4.33. The minimum absolute atomic E-state index is 0.0839. The van der Waals surface area contributed by atoms with E-state index < -0.39 is 0 Å². The van der Waals surface area contributed by atoms with Gasteiger partial charge in [0.25, 0.3) is 0 Å². The Hall–Kier alpha value is -1.46. The van der Waals surface area contributed by atoms with Crippen LogP contribution in [0.15, 0.2) is 18.3 Å². The Morgan fingerprint density at radius 3 is 3.10 bits per heavy atom. The zero-order chi connectivity index (χ0) is 15.2. The molecule has 0 radical (unpaired) electrons. The van der Waals surface area contributed by atoms with Gasteiger partial charge in [-0.05, 0) is 57.5 Å². The van der Waals surface area contributed by atoms with Crippen molar-refractivity contribution in [2.24, 2.45) is 5.92 Å². The highest BCUT2D eigenvalue weighted by molar-refractivity contribution is 5.91. The van der Waals surface area contributed by atoms with Crippen LogP contribution in [-0.2, 0) is 16.0 Å². The Morgan fingerprint density at radius 2 is 2.38 bits per heavy atom. The van der Waals surface area contributed by atoms with Crippen molar-refractivity contribution in [3.8, 4) is 0 Å². The molecule has 0 bridgehead atoms. The van der Waals surface area contributed by atoms with Gasteiger partial charge in [0.15, 0.2) is 0 Å². The quantitative estimate of drug-likeness (QED) is 0.901. The van der Waals surface area contributed by atoms with Crippen LogP contribution in [0.2, 0.25) is 0 Å². The molecule has 1 amide bonds. The highest BCUT2D eigenvalue weighted by Crippen LogP contribution is 2.22. The molecule has 1 aliphatic rings. The number of ether oxygens (including phenoxy) is 1. The van der Waals surface area contributed by atoms with Crippen molar-refractivity contribution in [3.05, 3.63) is 23.9 Å². The first kappa shape index (κ1) is 15.9. The lowest BCUT2D eigenvalue weighted by molar-refractivity contribution is -0.121. The smallest absolute Gasteiger partial charge is 0.228 e. The van der Waals surface area contributed by atoms with Crippen LogP contribution in [0.3, 0.4) is 0 Å². The van der Waals surface area contributed by atoms with Gasteiger partial charge < -0.3 is 15.0 Å². The molecule has 0 aliphatic carbocycles. The number of amides is 1. The maximum atomic E-state index is 12.4. The molecule has 1 aliphatic heterocycles. The van der Waals surface area contributed by atoms with Gasteiger partial charge in [0.1, 0.15) is 5.82 Å². The first-order valence-electron chi connectivity index (χ1n) is 7.55. The predicted octanol–water partition coefficient (Wildman–Crippen LogP) is 1.94. The fraction of sp³-hybridized carbons (Fsp3) is 0.625. The summed E-state index contributed by atoms with van der Waals surface area (Å²) in [4.78, 5) is 18.9. The number of likely N-dealkylation sites (tertiary alicyclic amines) is 1. The van der Waals surface area contributed by atoms with E-state index in [9.17, 15) is 4.79 Å². The third kappa shape index (κ3) is 4.51. The molecule has 0 saturated carbocycles. The summed E-state index contributed by atoms with van der Waals surface area (Å²) in [6.07, 6.45) is 4.38. The number of carbonyl (C=O) groups is 1. The van der Waals surface area contributed by atoms with Crippen LogP contribution in [0.25, 0.3) is 0 Å². The number of piperidine rings is 1. The first-order chi connectivity index (χ1) is 10.1. The van der Waals surface area contributed by atoms with Gasteiger partial charge in [-0.25, -0.2) is 4.98 Å². The second kappa shape index (κ2) is 7.52. The zero-order valence-electron chi connectivity index (χ0n) is 13.1. The minimum Gasteiger partial charge on any atom is -0.384 e. The van der Waals surface area contributed by atoms with E-state index in [4.69, 9.17) is 4.74 Å². The number of rotatable bonds is 5. The highest BCUT2D eigenvalue weighted by Gasteiger charge is 2.28. The van der Waals surface area contributed by atoms with Crippen molar-refractivity contribution in [2.45, 2.75) is 32.2 Å². The molecule has 2 heterocycles. The Kier molecular flexibility index (Phi) is 5.70. The topological polar surface area (TPSA) is 54.5 Å². The Balaban J connectivity index is 1.93. The summed E-state index contributed by atoms with van der Waals surface area (Å²) in [5.41, 5.74) is 1.12. The molecule has 116 valence electrons. The lowest BCUT2D eigenvalue weighted by Gasteiger charge is -2.34. The molecule has 0 unspecified atom stereocenters. The average Bonchev–Trinajstić information content (AvgIpc) is 2.48. The van der Waals surface area contributed by atoms with Gasteiger partial charge in [0.05, 0.1) is 6.61 Å². The molecule has 2 atom stereocenters. The monoisotopic (exact) mass is 291 g/mol. The molecule has 1 fully saturated rings. The molecule has 1 N–H and O–H groups in total. The second-order valence-electron chi connectivity index (χ2n) is 5.83. The Bertz CT molecular complexity index is 478. The van der Waals surface area contributed by atoms with E-state index in [2.05, 4.69) is 29.2 Å². The van der Waals surface area contributed by atoms with Crippen LogP contribution in [0.5, 0.6) is 0 Å². The number of methoxy groups -OCH3 is 1. The summed E-state index contributed by atoms with van der Waals surface area (Å²) < 4.78 is 5.07. The minimum atomic E-state index is 0.0839. The van der Waals surface area contributed by atoms with Crippen LogP contribution in [0, 0.1) is 5.92 Å². The van der Waals surface area contributed by atoms with E-state index in [-0.39, 0.29) is 11.8 Å². The maximum Gasteiger partial charge on any atom is 0.228 e. The van der Waals surface area contributed by atoms with Crippen molar-refractivity contribution < 1.29 is 9.53 Å². The number of nitrogens with one attached hydrogen (secondary N) is 1. The molecule has 1 aromatic rings. The normalized spacial score (nSPS) is 23.0. The molecular weight excluding hydrogens is 266 g/mol. The second-order valence-corrected chi connectivity index (χ2v) is 5.83. The molecule has 1 aromatic heterocycles. The number of aromatic nitrogens is 1. The fourth-order valence-corrected chi connectivity index (χ4v) is 2.67. The van der Waals surface area contributed by atoms with Crippen molar-refractivity contribution in [2.75, 3.05) is 32.6 Å². The molecule has 5 heteroatoms. The lowest BCUT2D eigenvalue weighted by Crippen LogP contribution is -2.41. The zero-order valence-corrected chi connectivity index (χ0v) is 13.1.